The van der Waals surface area contributed by atoms with Gasteiger partial charge in [0.05, 0.1) is 10.5 Å². The standard InChI is InChI=1S/C14H19NO4S/c1-2-11-7-9-15(10-8-11)20(18,19)13-5-3-12(4-6-13)14(16)17/h3-6,11H,2,7-10H2,1H3,(H,16,17). The van der Waals surface area contributed by atoms with E-state index in [0.717, 1.165) is 19.3 Å². The lowest BCUT2D eigenvalue weighted by Gasteiger charge is -2.30. The molecule has 1 aromatic carbocycles. The second-order valence-electron chi connectivity index (χ2n) is 5.09. The van der Waals surface area contributed by atoms with Crippen LogP contribution in [0.1, 0.15) is 36.5 Å². The molecule has 0 spiro atoms. The fraction of sp³-hybridized carbons (Fsp3) is 0.500. The fourth-order valence-corrected chi connectivity index (χ4v) is 3.95. The Labute approximate surface area is 119 Å². The van der Waals surface area contributed by atoms with Gasteiger partial charge in [-0.25, -0.2) is 13.2 Å². The zero-order valence-electron chi connectivity index (χ0n) is 11.4. The molecule has 1 N–H and O–H groups in total. The number of benzene rings is 1. The van der Waals surface area contributed by atoms with Gasteiger partial charge in [-0.05, 0) is 43.0 Å². The highest BCUT2D eigenvalue weighted by Gasteiger charge is 2.28. The lowest BCUT2D eigenvalue weighted by atomic mass is 9.96. The number of hydrogen-bond acceptors (Lipinski definition) is 3. The Bertz CT molecular complexity index is 572. The van der Waals surface area contributed by atoms with Gasteiger partial charge in [0.1, 0.15) is 0 Å². The lowest BCUT2D eigenvalue weighted by Crippen LogP contribution is -2.38. The van der Waals surface area contributed by atoms with Crippen molar-refractivity contribution in [1.29, 1.82) is 0 Å². The van der Waals surface area contributed by atoms with E-state index in [2.05, 4.69) is 6.92 Å². The van der Waals surface area contributed by atoms with E-state index < -0.39 is 16.0 Å². The average molecular weight is 297 g/mol. The monoisotopic (exact) mass is 297 g/mol. The molecule has 0 aliphatic carbocycles. The molecule has 1 fully saturated rings. The van der Waals surface area contributed by atoms with Gasteiger partial charge < -0.3 is 5.11 Å². The van der Waals surface area contributed by atoms with Crippen molar-refractivity contribution in [3.8, 4) is 0 Å². The van der Waals surface area contributed by atoms with Crippen LogP contribution < -0.4 is 0 Å². The number of piperidine rings is 1. The van der Waals surface area contributed by atoms with Crippen LogP contribution in [0, 0.1) is 5.92 Å². The molecular weight excluding hydrogens is 278 g/mol. The molecule has 1 aromatic rings. The smallest absolute Gasteiger partial charge is 0.335 e. The van der Waals surface area contributed by atoms with Gasteiger partial charge in [-0.1, -0.05) is 13.3 Å². The number of carboxylic acids is 1. The van der Waals surface area contributed by atoms with Crippen LogP contribution in [0.15, 0.2) is 29.2 Å². The highest BCUT2D eigenvalue weighted by Crippen LogP contribution is 2.25. The Balaban J connectivity index is 2.16. The van der Waals surface area contributed by atoms with Crippen molar-refractivity contribution >= 4 is 16.0 Å². The van der Waals surface area contributed by atoms with Gasteiger partial charge in [0.2, 0.25) is 10.0 Å². The lowest BCUT2D eigenvalue weighted by molar-refractivity contribution is 0.0696. The fourth-order valence-electron chi connectivity index (χ4n) is 2.48. The van der Waals surface area contributed by atoms with Crippen molar-refractivity contribution in [3.63, 3.8) is 0 Å². The van der Waals surface area contributed by atoms with Crippen LogP contribution in [0.5, 0.6) is 0 Å². The van der Waals surface area contributed by atoms with E-state index in [9.17, 15) is 13.2 Å². The molecule has 2 rings (SSSR count). The summed E-state index contributed by atoms with van der Waals surface area (Å²) in [4.78, 5) is 10.9. The molecule has 6 heteroatoms. The van der Waals surface area contributed by atoms with Crippen LogP contribution in [0.3, 0.4) is 0 Å². The van der Waals surface area contributed by atoms with Gasteiger partial charge >= 0.3 is 5.97 Å². The van der Waals surface area contributed by atoms with Crippen LogP contribution in [-0.4, -0.2) is 36.9 Å². The molecule has 5 nitrogen and oxygen atoms in total. The number of hydrogen-bond donors (Lipinski definition) is 1. The largest absolute Gasteiger partial charge is 0.478 e. The summed E-state index contributed by atoms with van der Waals surface area (Å²) in [5, 5.41) is 8.82. The normalized spacial score (nSPS) is 18.1. The Hall–Kier alpha value is -1.40. The second kappa shape index (κ2) is 5.93. The average Bonchev–Trinajstić information content (AvgIpc) is 2.47. The zero-order chi connectivity index (χ0) is 14.8. The number of nitrogens with zero attached hydrogens (tertiary/aromatic N) is 1. The van der Waals surface area contributed by atoms with Gasteiger partial charge in [0.25, 0.3) is 0 Å². The number of sulfonamides is 1. The van der Waals surface area contributed by atoms with E-state index in [-0.39, 0.29) is 10.5 Å². The number of carbonyl (C=O) groups is 1. The molecule has 1 heterocycles. The quantitative estimate of drug-likeness (QED) is 0.924. The van der Waals surface area contributed by atoms with Gasteiger partial charge in [0.15, 0.2) is 0 Å². The van der Waals surface area contributed by atoms with Crippen molar-refractivity contribution < 1.29 is 18.3 Å². The van der Waals surface area contributed by atoms with E-state index in [0.29, 0.717) is 19.0 Å². The van der Waals surface area contributed by atoms with Gasteiger partial charge in [0, 0.05) is 13.1 Å². The van der Waals surface area contributed by atoms with Crippen molar-refractivity contribution in [2.45, 2.75) is 31.1 Å². The van der Waals surface area contributed by atoms with Crippen LogP contribution >= 0.6 is 0 Å². The summed E-state index contributed by atoms with van der Waals surface area (Å²) in [6, 6.07) is 5.39. The third-order valence-corrected chi connectivity index (χ3v) is 5.80. The predicted octanol–water partition coefficient (Wildman–Crippen LogP) is 2.20. The Morgan fingerprint density at radius 2 is 1.80 bits per heavy atom. The minimum atomic E-state index is -3.50. The summed E-state index contributed by atoms with van der Waals surface area (Å²) in [6.45, 7) is 3.21. The van der Waals surface area contributed by atoms with E-state index in [1.807, 2.05) is 0 Å². The van der Waals surface area contributed by atoms with E-state index in [1.165, 1.54) is 28.6 Å². The second-order valence-corrected chi connectivity index (χ2v) is 7.02. The van der Waals surface area contributed by atoms with E-state index in [1.54, 1.807) is 0 Å². The first-order valence-corrected chi connectivity index (χ1v) is 8.22. The topological polar surface area (TPSA) is 74.7 Å². The maximum Gasteiger partial charge on any atom is 0.335 e. The summed E-state index contributed by atoms with van der Waals surface area (Å²) in [5.41, 5.74) is 0.0913. The minimum absolute atomic E-state index is 0.0913. The van der Waals surface area contributed by atoms with E-state index >= 15 is 0 Å². The molecule has 1 aliphatic heterocycles. The molecule has 0 amide bonds. The Morgan fingerprint density at radius 3 is 2.25 bits per heavy atom. The first-order chi connectivity index (χ1) is 9.45. The Kier molecular flexibility index (Phi) is 4.45. The third-order valence-electron chi connectivity index (χ3n) is 3.89. The van der Waals surface area contributed by atoms with Crippen LogP contribution in [-0.2, 0) is 10.0 Å². The summed E-state index contributed by atoms with van der Waals surface area (Å²) < 4.78 is 26.4. The maximum absolute atomic E-state index is 12.4. The maximum atomic E-state index is 12.4. The molecule has 0 unspecified atom stereocenters. The SMILES string of the molecule is CCC1CCN(S(=O)(=O)c2ccc(C(=O)O)cc2)CC1. The van der Waals surface area contributed by atoms with Crippen molar-refractivity contribution in [2.75, 3.05) is 13.1 Å². The van der Waals surface area contributed by atoms with Gasteiger partial charge in [-0.2, -0.15) is 4.31 Å². The van der Waals surface area contributed by atoms with Crippen LogP contribution in [0.25, 0.3) is 0 Å². The van der Waals surface area contributed by atoms with E-state index in [4.69, 9.17) is 5.11 Å². The third kappa shape index (κ3) is 3.02. The summed E-state index contributed by atoms with van der Waals surface area (Å²) >= 11 is 0. The molecule has 0 bridgehead atoms. The van der Waals surface area contributed by atoms with Gasteiger partial charge in [-0.3, -0.25) is 0 Å². The van der Waals surface area contributed by atoms with Gasteiger partial charge in [-0.15, -0.1) is 0 Å². The molecule has 0 saturated carbocycles. The molecule has 20 heavy (non-hydrogen) atoms. The summed E-state index contributed by atoms with van der Waals surface area (Å²) in [5.74, 6) is -0.450. The number of rotatable bonds is 4. The molecule has 1 saturated heterocycles. The first-order valence-electron chi connectivity index (χ1n) is 6.78. The minimum Gasteiger partial charge on any atom is -0.478 e. The van der Waals surface area contributed by atoms with Crippen LogP contribution in [0.4, 0.5) is 0 Å². The predicted molar refractivity (Wildman–Crippen MR) is 75.2 cm³/mol. The molecule has 0 radical (unpaired) electrons. The molecule has 1 aliphatic rings. The highest BCUT2D eigenvalue weighted by molar-refractivity contribution is 7.89. The first kappa shape index (κ1) is 15.0. The number of aromatic carboxylic acids is 1. The molecule has 0 atom stereocenters. The zero-order valence-corrected chi connectivity index (χ0v) is 12.3. The van der Waals surface area contributed by atoms with Crippen molar-refractivity contribution in [3.05, 3.63) is 29.8 Å². The highest BCUT2D eigenvalue weighted by atomic mass is 32.2. The number of carboxylic acid groups (broad SMARTS) is 1. The Morgan fingerprint density at radius 1 is 1.25 bits per heavy atom. The molecule has 110 valence electrons. The van der Waals surface area contributed by atoms with Crippen molar-refractivity contribution in [1.82, 2.24) is 4.31 Å². The van der Waals surface area contributed by atoms with Crippen LogP contribution in [0.2, 0.25) is 0 Å². The summed E-state index contributed by atoms with van der Waals surface area (Å²) in [7, 11) is -3.50. The molecule has 0 aromatic heterocycles. The summed E-state index contributed by atoms with van der Waals surface area (Å²) in [6.07, 6.45) is 2.87. The molecular formula is C14H19NO4S. The van der Waals surface area contributed by atoms with Crippen molar-refractivity contribution in [2.24, 2.45) is 5.92 Å².